The van der Waals surface area contributed by atoms with Crippen molar-refractivity contribution in [1.29, 1.82) is 0 Å². The number of amides is 1. The fraction of sp³-hybridized carbons (Fsp3) is 0.435. The number of carbonyl (C=O) groups excluding carboxylic acids is 1. The van der Waals surface area contributed by atoms with Crippen LogP contribution >= 0.6 is 11.6 Å². The minimum atomic E-state index is -0.374. The van der Waals surface area contributed by atoms with Crippen LogP contribution in [-0.4, -0.2) is 43.2 Å². The van der Waals surface area contributed by atoms with E-state index in [4.69, 9.17) is 16.3 Å². The van der Waals surface area contributed by atoms with Crippen LogP contribution in [-0.2, 0) is 22.5 Å². The van der Waals surface area contributed by atoms with Crippen LogP contribution in [0.15, 0.2) is 54.6 Å². The number of hydrogen-bond acceptors (Lipinski definition) is 3. The van der Waals surface area contributed by atoms with Crippen molar-refractivity contribution < 1.29 is 9.53 Å². The molecule has 2 aromatic rings. The summed E-state index contributed by atoms with van der Waals surface area (Å²) in [6, 6.07) is 18.5. The Morgan fingerprint density at radius 1 is 1.04 bits per heavy atom. The van der Waals surface area contributed by atoms with Gasteiger partial charge in [0.05, 0.1) is 5.41 Å². The van der Waals surface area contributed by atoms with Gasteiger partial charge in [0.25, 0.3) is 0 Å². The van der Waals surface area contributed by atoms with Gasteiger partial charge in [-0.3, -0.25) is 9.69 Å². The van der Waals surface area contributed by atoms with Gasteiger partial charge in [-0.1, -0.05) is 54.1 Å². The molecule has 0 saturated carbocycles. The van der Waals surface area contributed by atoms with E-state index in [1.807, 2.05) is 30.3 Å². The second-order valence-corrected chi connectivity index (χ2v) is 8.51. The Kier molecular flexibility index (Phi) is 6.00. The minimum absolute atomic E-state index is 0.179. The van der Waals surface area contributed by atoms with Crippen molar-refractivity contribution >= 4 is 17.5 Å². The van der Waals surface area contributed by atoms with Crippen molar-refractivity contribution in [2.75, 3.05) is 26.3 Å². The summed E-state index contributed by atoms with van der Waals surface area (Å²) in [7, 11) is 0. The van der Waals surface area contributed by atoms with Crippen LogP contribution in [0.3, 0.4) is 0 Å². The van der Waals surface area contributed by atoms with Crippen LogP contribution in [0.5, 0.6) is 0 Å². The maximum absolute atomic E-state index is 13.3. The lowest BCUT2D eigenvalue weighted by Gasteiger charge is -2.49. The van der Waals surface area contributed by atoms with Crippen molar-refractivity contribution in [3.8, 4) is 0 Å². The number of rotatable bonds is 6. The third-order valence-corrected chi connectivity index (χ3v) is 6.05. The second-order valence-electron chi connectivity index (χ2n) is 8.07. The fourth-order valence-corrected chi connectivity index (χ4v) is 4.40. The average molecular weight is 399 g/mol. The topological polar surface area (TPSA) is 41.6 Å². The zero-order chi connectivity index (χ0) is 19.4. The van der Waals surface area contributed by atoms with E-state index in [9.17, 15) is 4.79 Å². The molecule has 4 rings (SSSR count). The predicted molar refractivity (Wildman–Crippen MR) is 111 cm³/mol. The molecule has 0 aliphatic carbocycles. The van der Waals surface area contributed by atoms with E-state index >= 15 is 0 Å². The Morgan fingerprint density at radius 2 is 1.71 bits per heavy atom. The largest absolute Gasteiger partial charge is 0.381 e. The highest BCUT2D eigenvalue weighted by Crippen LogP contribution is 2.36. The van der Waals surface area contributed by atoms with Crippen LogP contribution in [0.25, 0.3) is 0 Å². The van der Waals surface area contributed by atoms with Crippen LogP contribution in [0, 0.1) is 5.41 Å². The lowest BCUT2D eigenvalue weighted by atomic mass is 9.73. The molecule has 0 atom stereocenters. The van der Waals surface area contributed by atoms with E-state index in [2.05, 4.69) is 34.5 Å². The van der Waals surface area contributed by atoms with Crippen molar-refractivity contribution in [2.45, 2.75) is 31.8 Å². The molecule has 2 saturated heterocycles. The summed E-state index contributed by atoms with van der Waals surface area (Å²) in [4.78, 5) is 15.6. The summed E-state index contributed by atoms with van der Waals surface area (Å²) in [6.07, 6.45) is 2.54. The van der Waals surface area contributed by atoms with Gasteiger partial charge in [0.15, 0.2) is 0 Å². The van der Waals surface area contributed by atoms with E-state index in [1.165, 1.54) is 5.56 Å². The molecule has 2 fully saturated rings. The molecule has 1 amide bonds. The molecule has 2 heterocycles. The van der Waals surface area contributed by atoms with Crippen molar-refractivity contribution in [2.24, 2.45) is 5.41 Å². The smallest absolute Gasteiger partial charge is 0.229 e. The van der Waals surface area contributed by atoms with E-state index < -0.39 is 0 Å². The third-order valence-electron chi connectivity index (χ3n) is 5.80. The molecule has 0 unspecified atom stereocenters. The molecule has 28 heavy (non-hydrogen) atoms. The maximum atomic E-state index is 13.3. The number of nitrogens with one attached hydrogen (secondary N) is 1. The summed E-state index contributed by atoms with van der Waals surface area (Å²) < 4.78 is 5.43. The first-order valence-electron chi connectivity index (χ1n) is 10.0. The Balaban J connectivity index is 1.45. The summed E-state index contributed by atoms with van der Waals surface area (Å²) in [6.45, 7) is 3.90. The van der Waals surface area contributed by atoms with E-state index in [-0.39, 0.29) is 17.4 Å². The lowest BCUT2D eigenvalue weighted by molar-refractivity contribution is -0.143. The van der Waals surface area contributed by atoms with Crippen molar-refractivity contribution in [3.63, 3.8) is 0 Å². The number of likely N-dealkylation sites (tertiary alicyclic amines) is 1. The van der Waals surface area contributed by atoms with E-state index in [0.717, 1.165) is 62.7 Å². The van der Waals surface area contributed by atoms with Gasteiger partial charge in [-0.2, -0.15) is 0 Å². The molecule has 2 aromatic carbocycles. The molecule has 5 heteroatoms. The van der Waals surface area contributed by atoms with Crippen LogP contribution in [0.4, 0.5) is 0 Å². The molecule has 0 bridgehead atoms. The fourth-order valence-electron chi connectivity index (χ4n) is 4.27. The normalized spacial score (nSPS) is 19.8. The van der Waals surface area contributed by atoms with Crippen molar-refractivity contribution in [3.05, 3.63) is 70.7 Å². The summed E-state index contributed by atoms with van der Waals surface area (Å²) in [5, 5.41) is 4.03. The highest BCUT2D eigenvalue weighted by atomic mass is 35.5. The number of hydrogen-bond donors (Lipinski definition) is 1. The van der Waals surface area contributed by atoms with Gasteiger partial charge in [0.2, 0.25) is 5.91 Å². The molecular weight excluding hydrogens is 372 g/mol. The van der Waals surface area contributed by atoms with Gasteiger partial charge in [-0.05, 0) is 42.5 Å². The number of ether oxygens (including phenoxy) is 1. The van der Waals surface area contributed by atoms with Gasteiger partial charge in [0, 0.05) is 43.9 Å². The molecule has 148 valence electrons. The van der Waals surface area contributed by atoms with Gasteiger partial charge in [-0.15, -0.1) is 0 Å². The summed E-state index contributed by atoms with van der Waals surface area (Å²) in [5.41, 5.74) is 2.07. The molecule has 0 spiro atoms. The molecule has 0 radical (unpaired) electrons. The van der Waals surface area contributed by atoms with Crippen LogP contribution in [0.1, 0.15) is 24.0 Å². The first-order valence-corrected chi connectivity index (χ1v) is 10.4. The first-order chi connectivity index (χ1) is 13.6. The van der Waals surface area contributed by atoms with Crippen molar-refractivity contribution in [1.82, 2.24) is 10.2 Å². The highest BCUT2D eigenvalue weighted by molar-refractivity contribution is 6.30. The van der Waals surface area contributed by atoms with Gasteiger partial charge in [-0.25, -0.2) is 0 Å². The monoisotopic (exact) mass is 398 g/mol. The zero-order valence-corrected chi connectivity index (χ0v) is 16.8. The highest BCUT2D eigenvalue weighted by Gasteiger charge is 2.49. The quantitative estimate of drug-likeness (QED) is 0.807. The van der Waals surface area contributed by atoms with E-state index in [0.29, 0.717) is 0 Å². The number of carbonyl (C=O) groups is 1. The molecule has 2 aliphatic rings. The van der Waals surface area contributed by atoms with E-state index in [1.54, 1.807) is 0 Å². The maximum Gasteiger partial charge on any atom is 0.229 e. The average Bonchev–Trinajstić information content (AvgIpc) is 2.69. The minimum Gasteiger partial charge on any atom is -0.381 e. The molecular formula is C23H27ClN2O2. The van der Waals surface area contributed by atoms with Crippen LogP contribution in [0.2, 0.25) is 5.02 Å². The van der Waals surface area contributed by atoms with Gasteiger partial charge < -0.3 is 10.1 Å². The Hall–Kier alpha value is -1.88. The van der Waals surface area contributed by atoms with Crippen LogP contribution < -0.4 is 5.32 Å². The summed E-state index contributed by atoms with van der Waals surface area (Å²) in [5.74, 6) is 0.179. The molecule has 2 aliphatic heterocycles. The zero-order valence-electron chi connectivity index (χ0n) is 16.1. The Morgan fingerprint density at radius 3 is 2.39 bits per heavy atom. The number of benzene rings is 2. The standard InChI is InChI=1S/C23H27ClN2O2/c24-20-8-6-18(7-9-20)14-23(22(27)25-21-10-12-28-13-11-21)16-26(17-23)15-19-4-2-1-3-5-19/h1-9,21H,10-17H2,(H,25,27). The Labute approximate surface area is 171 Å². The first kappa shape index (κ1) is 19.4. The third kappa shape index (κ3) is 4.57. The molecule has 4 nitrogen and oxygen atoms in total. The lowest BCUT2D eigenvalue weighted by Crippen LogP contribution is -2.64. The summed E-state index contributed by atoms with van der Waals surface area (Å²) >= 11 is 6.04. The second kappa shape index (κ2) is 8.64. The number of nitrogens with zero attached hydrogens (tertiary/aromatic N) is 1. The Bertz CT molecular complexity index is 782. The molecule has 1 N–H and O–H groups in total. The molecule has 0 aromatic heterocycles. The predicted octanol–water partition coefficient (Wildman–Crippen LogP) is 3.68. The number of halogens is 1. The SMILES string of the molecule is O=C(NC1CCOCC1)C1(Cc2ccc(Cl)cc2)CN(Cc2ccccc2)C1. The van der Waals surface area contributed by atoms with Gasteiger partial charge >= 0.3 is 0 Å². The van der Waals surface area contributed by atoms with Gasteiger partial charge in [0.1, 0.15) is 0 Å².